The number of carbonyl (C=O) groups excluding carboxylic acids is 4. The van der Waals surface area contributed by atoms with E-state index in [9.17, 15) is 19.2 Å². The second-order valence-corrected chi connectivity index (χ2v) is 13.0. The lowest BCUT2D eigenvalue weighted by molar-refractivity contribution is -0.141. The fourth-order valence-electron chi connectivity index (χ4n) is 6.47. The van der Waals surface area contributed by atoms with E-state index in [0.717, 1.165) is 18.4 Å². The van der Waals surface area contributed by atoms with Crippen LogP contribution in [0.4, 0.5) is 5.00 Å². The van der Waals surface area contributed by atoms with Gasteiger partial charge in [-0.2, -0.15) is 0 Å². The maximum Gasteiger partial charge on any atom is 0.241 e. The molecule has 2 aliphatic heterocycles. The van der Waals surface area contributed by atoms with Gasteiger partial charge in [0.2, 0.25) is 17.7 Å². The van der Waals surface area contributed by atoms with Crippen molar-refractivity contribution >= 4 is 39.7 Å². The molecule has 1 saturated heterocycles. The largest absolute Gasteiger partial charge is 0.496 e. The summed E-state index contributed by atoms with van der Waals surface area (Å²) in [5.74, 6) is -0.738. The number of nitrogens with one attached hydrogen (secondary N) is 1. The van der Waals surface area contributed by atoms with E-state index in [1.807, 2.05) is 31.2 Å². The van der Waals surface area contributed by atoms with Gasteiger partial charge in [-0.15, -0.1) is 11.3 Å². The average Bonchev–Trinajstić information content (AvgIpc) is 3.66. The monoisotopic (exact) mass is 635 g/mol. The Morgan fingerprint density at radius 1 is 1.20 bits per heavy atom. The molecule has 238 valence electrons. The molecule has 1 N–H and O–H groups in total. The van der Waals surface area contributed by atoms with Gasteiger partial charge in [0.05, 0.1) is 42.4 Å². The van der Waals surface area contributed by atoms with Gasteiger partial charge in [-0.05, 0) is 58.1 Å². The SMILES string of the molecule is COc1ccccc1[C@H](CN1C(=O)C2(CC(C(=O)N[C@H](C)C(C)=O)C2)C(=O)c2c1sc(-c1ncco1)c2C)OC1CCOCC1. The number of benzene rings is 1. The second kappa shape index (κ2) is 12.5. The lowest BCUT2D eigenvalue weighted by Crippen LogP contribution is -2.62. The molecule has 3 aliphatic rings. The molecule has 3 aromatic rings. The van der Waals surface area contributed by atoms with Crippen molar-refractivity contribution in [1.29, 1.82) is 0 Å². The summed E-state index contributed by atoms with van der Waals surface area (Å²) in [6, 6.07) is 6.92. The summed E-state index contributed by atoms with van der Waals surface area (Å²) in [5.41, 5.74) is 0.500. The number of oxazole rings is 1. The van der Waals surface area contributed by atoms with Crippen molar-refractivity contribution in [2.45, 2.75) is 64.7 Å². The van der Waals surface area contributed by atoms with Gasteiger partial charge < -0.3 is 23.9 Å². The van der Waals surface area contributed by atoms with Crippen molar-refractivity contribution in [2.75, 3.05) is 31.8 Å². The quantitative estimate of drug-likeness (QED) is 0.315. The highest BCUT2D eigenvalue weighted by atomic mass is 32.1. The van der Waals surface area contributed by atoms with E-state index in [2.05, 4.69) is 10.3 Å². The van der Waals surface area contributed by atoms with Crippen LogP contribution in [0.15, 0.2) is 41.1 Å². The first-order chi connectivity index (χ1) is 21.6. The highest BCUT2D eigenvalue weighted by molar-refractivity contribution is 7.20. The Labute approximate surface area is 265 Å². The Balaban J connectivity index is 1.39. The zero-order valence-corrected chi connectivity index (χ0v) is 26.6. The number of ether oxygens (including phenoxy) is 3. The normalized spacial score (nSPS) is 22.9. The van der Waals surface area contributed by atoms with Crippen LogP contribution in [-0.4, -0.2) is 67.4 Å². The molecule has 2 fully saturated rings. The summed E-state index contributed by atoms with van der Waals surface area (Å²) in [5, 5.41) is 3.23. The van der Waals surface area contributed by atoms with Crippen molar-refractivity contribution in [2.24, 2.45) is 11.3 Å². The number of aromatic nitrogens is 1. The first-order valence-corrected chi connectivity index (χ1v) is 16.0. The van der Waals surface area contributed by atoms with Crippen molar-refractivity contribution < 1.29 is 37.8 Å². The third-order valence-electron chi connectivity index (χ3n) is 9.20. The van der Waals surface area contributed by atoms with Gasteiger partial charge in [0.25, 0.3) is 0 Å². The molecule has 4 heterocycles. The highest BCUT2D eigenvalue weighted by Gasteiger charge is 2.63. The van der Waals surface area contributed by atoms with Gasteiger partial charge >= 0.3 is 0 Å². The first kappa shape index (κ1) is 31.1. The summed E-state index contributed by atoms with van der Waals surface area (Å²) >= 11 is 1.29. The molecule has 1 spiro atoms. The lowest BCUT2D eigenvalue weighted by Gasteiger charge is -2.49. The van der Waals surface area contributed by atoms with Gasteiger partial charge in [-0.3, -0.25) is 24.1 Å². The Morgan fingerprint density at radius 2 is 1.93 bits per heavy atom. The number of amides is 2. The van der Waals surface area contributed by atoms with E-state index in [0.29, 0.717) is 45.9 Å². The van der Waals surface area contributed by atoms with E-state index in [-0.39, 0.29) is 48.9 Å². The molecule has 1 aliphatic carbocycles. The van der Waals surface area contributed by atoms with E-state index in [4.69, 9.17) is 18.6 Å². The Bertz CT molecular complexity index is 1600. The molecule has 11 nitrogen and oxygen atoms in total. The molecule has 1 aromatic carbocycles. The number of para-hydroxylation sites is 1. The smallest absolute Gasteiger partial charge is 0.241 e. The molecule has 6 rings (SSSR count). The average molecular weight is 636 g/mol. The number of fused-ring (bicyclic) bond motifs is 1. The van der Waals surface area contributed by atoms with Crippen molar-refractivity contribution in [3.63, 3.8) is 0 Å². The van der Waals surface area contributed by atoms with Crippen molar-refractivity contribution in [3.8, 4) is 16.5 Å². The predicted octanol–water partition coefficient (Wildman–Crippen LogP) is 4.68. The van der Waals surface area contributed by atoms with Crippen LogP contribution in [0, 0.1) is 18.3 Å². The zero-order valence-electron chi connectivity index (χ0n) is 25.8. The number of ketones is 2. The number of hydrogen-bond acceptors (Lipinski definition) is 10. The van der Waals surface area contributed by atoms with Crippen LogP contribution < -0.4 is 15.0 Å². The van der Waals surface area contributed by atoms with E-state index in [1.54, 1.807) is 18.9 Å². The summed E-state index contributed by atoms with van der Waals surface area (Å²) in [6.45, 7) is 6.16. The molecule has 0 bridgehead atoms. The van der Waals surface area contributed by atoms with Crippen LogP contribution in [0.5, 0.6) is 5.75 Å². The molecule has 2 aromatic heterocycles. The number of rotatable bonds is 10. The highest BCUT2D eigenvalue weighted by Crippen LogP contribution is 2.57. The minimum absolute atomic E-state index is 0.0564. The zero-order chi connectivity index (χ0) is 31.9. The maximum atomic E-state index is 14.6. The van der Waals surface area contributed by atoms with E-state index < -0.39 is 23.5 Å². The van der Waals surface area contributed by atoms with Gasteiger partial charge in [0.1, 0.15) is 28.5 Å². The van der Waals surface area contributed by atoms with Crippen LogP contribution >= 0.6 is 11.3 Å². The fraction of sp³-hybridized carbons (Fsp3) is 0.485. The van der Waals surface area contributed by atoms with E-state index in [1.165, 1.54) is 30.7 Å². The van der Waals surface area contributed by atoms with E-state index >= 15 is 0 Å². The number of Topliss-reactive ketones (excluding diaryl/α,β-unsaturated/α-hetero) is 2. The van der Waals surface area contributed by atoms with Crippen LogP contribution in [-0.2, 0) is 23.9 Å². The fourth-order valence-corrected chi connectivity index (χ4v) is 7.72. The number of hydrogen-bond donors (Lipinski definition) is 1. The third-order valence-corrected chi connectivity index (χ3v) is 10.5. The molecule has 1 saturated carbocycles. The van der Waals surface area contributed by atoms with Crippen molar-refractivity contribution in [3.05, 3.63) is 53.4 Å². The van der Waals surface area contributed by atoms with Crippen LogP contribution in [0.25, 0.3) is 10.8 Å². The Morgan fingerprint density at radius 3 is 2.60 bits per heavy atom. The number of nitrogens with zero attached hydrogens (tertiary/aromatic N) is 2. The van der Waals surface area contributed by atoms with Crippen LogP contribution in [0.2, 0.25) is 0 Å². The predicted molar refractivity (Wildman–Crippen MR) is 165 cm³/mol. The van der Waals surface area contributed by atoms with Gasteiger partial charge in [0.15, 0.2) is 11.6 Å². The number of thiophene rings is 1. The maximum absolute atomic E-state index is 14.6. The molecule has 2 amide bonds. The molecular formula is C33H37N3O8S. The van der Waals surface area contributed by atoms with Gasteiger partial charge in [-0.25, -0.2) is 4.98 Å². The summed E-state index contributed by atoms with van der Waals surface area (Å²) < 4.78 is 23.6. The standard InChI is InChI=1S/C33H37N3O8S/c1-18-26-28(38)33(15-21(16-33)29(39)35-19(2)20(3)37)32(40)36(31(26)45-27(18)30-34-11-14-43-30)17-25(44-22-9-12-42-13-10-22)23-7-5-6-8-24(23)41-4/h5-8,11,14,19,21-22,25H,9-10,12-13,15-17H2,1-4H3,(H,35,39)/t19-,21?,25+,33?/m1/s1. The van der Waals surface area contributed by atoms with Crippen molar-refractivity contribution in [1.82, 2.24) is 10.3 Å². The molecule has 0 radical (unpaired) electrons. The van der Waals surface area contributed by atoms with Gasteiger partial charge in [0, 0.05) is 24.7 Å². The molecule has 12 heteroatoms. The second-order valence-electron chi connectivity index (χ2n) is 12.0. The Hall–Kier alpha value is -3.87. The number of anilines is 1. The van der Waals surface area contributed by atoms with Gasteiger partial charge in [-0.1, -0.05) is 18.2 Å². The number of methoxy groups -OCH3 is 1. The molecular weight excluding hydrogens is 598 g/mol. The van der Waals surface area contributed by atoms with Crippen LogP contribution in [0.1, 0.15) is 67.1 Å². The third kappa shape index (κ3) is 5.59. The number of carbonyl (C=O) groups is 4. The molecule has 2 atom stereocenters. The lowest BCUT2D eigenvalue weighted by atomic mass is 9.56. The summed E-state index contributed by atoms with van der Waals surface area (Å²) in [6.07, 6.45) is 3.89. The summed E-state index contributed by atoms with van der Waals surface area (Å²) in [4.78, 5) is 60.3. The summed E-state index contributed by atoms with van der Waals surface area (Å²) in [7, 11) is 1.60. The molecule has 0 unspecified atom stereocenters. The molecule has 45 heavy (non-hydrogen) atoms. The minimum Gasteiger partial charge on any atom is -0.496 e. The minimum atomic E-state index is -1.40. The first-order valence-electron chi connectivity index (χ1n) is 15.2. The topological polar surface area (TPSA) is 137 Å². The van der Waals surface area contributed by atoms with Crippen LogP contribution in [0.3, 0.4) is 0 Å². The Kier molecular flexibility index (Phi) is 8.64.